The number of nitrogens with two attached hydrogens (primary N) is 1. The van der Waals surface area contributed by atoms with Crippen LogP contribution in [0.15, 0.2) is 16.7 Å². The van der Waals surface area contributed by atoms with Crippen molar-refractivity contribution in [1.82, 2.24) is 10.5 Å². The zero-order chi connectivity index (χ0) is 15.6. The van der Waals surface area contributed by atoms with Gasteiger partial charge in [-0.25, -0.2) is 0 Å². The van der Waals surface area contributed by atoms with Crippen LogP contribution in [0.3, 0.4) is 0 Å². The maximum absolute atomic E-state index is 11.5. The van der Waals surface area contributed by atoms with Gasteiger partial charge in [0.15, 0.2) is 5.76 Å². The minimum absolute atomic E-state index is 0.0314. The number of hydrogen-bond donors (Lipinski definition) is 4. The van der Waals surface area contributed by atoms with Crippen molar-refractivity contribution in [2.45, 2.75) is 13.3 Å². The Balaban J connectivity index is 2.36. The first-order valence-electron chi connectivity index (χ1n) is 6.16. The number of amides is 1. The van der Waals surface area contributed by atoms with Gasteiger partial charge in [-0.1, -0.05) is 16.8 Å². The van der Waals surface area contributed by atoms with E-state index in [1.165, 1.54) is 6.07 Å². The fourth-order valence-corrected chi connectivity index (χ4v) is 1.96. The van der Waals surface area contributed by atoms with Crippen LogP contribution < -0.4 is 11.1 Å². The van der Waals surface area contributed by atoms with Gasteiger partial charge in [0.05, 0.1) is 17.0 Å². The molecule has 21 heavy (non-hydrogen) atoms. The number of aromatic hydroxyl groups is 2. The Morgan fingerprint density at radius 2 is 2.14 bits per heavy atom. The van der Waals surface area contributed by atoms with E-state index in [1.54, 1.807) is 6.92 Å². The smallest absolute Gasteiger partial charge is 0.226 e. The summed E-state index contributed by atoms with van der Waals surface area (Å²) in [5.74, 6) is -0.673. The van der Waals surface area contributed by atoms with Gasteiger partial charge < -0.3 is 25.8 Å². The Labute approximate surface area is 125 Å². The average Bonchev–Trinajstić information content (AvgIpc) is 2.76. The third-order valence-corrected chi connectivity index (χ3v) is 3.12. The number of halogens is 1. The average molecular weight is 312 g/mol. The number of rotatable bonds is 4. The lowest BCUT2D eigenvalue weighted by Gasteiger charge is -2.04. The number of nitrogen functional groups attached to an aromatic ring is 1. The molecule has 2 aromatic rings. The number of nitrogens with zero attached hydrogens (tertiary/aromatic N) is 1. The van der Waals surface area contributed by atoms with Crippen LogP contribution in [0, 0.1) is 0 Å². The lowest BCUT2D eigenvalue weighted by atomic mass is 10.1. The zero-order valence-corrected chi connectivity index (χ0v) is 11.9. The highest BCUT2D eigenvalue weighted by molar-refractivity contribution is 6.32. The first-order chi connectivity index (χ1) is 9.93. The molecular weight excluding hydrogens is 298 g/mol. The molecule has 0 fully saturated rings. The second kappa shape index (κ2) is 5.92. The summed E-state index contributed by atoms with van der Waals surface area (Å²) in [4.78, 5) is 11.5. The fraction of sp³-hybridized carbons (Fsp3) is 0.231. The van der Waals surface area contributed by atoms with E-state index in [-0.39, 0.29) is 51.6 Å². The van der Waals surface area contributed by atoms with Gasteiger partial charge in [-0.05, 0) is 13.0 Å². The highest BCUT2D eigenvalue weighted by Crippen LogP contribution is 2.40. The second-order valence-electron chi connectivity index (χ2n) is 4.32. The predicted molar refractivity (Wildman–Crippen MR) is 77.1 cm³/mol. The SMILES string of the molecule is CCNC(=O)Cc1noc(-c2cc(Cl)c(O)cc2O)c1N. The first-order valence-corrected chi connectivity index (χ1v) is 6.54. The predicted octanol–water partition coefficient (Wildman–Crippen LogP) is 1.67. The van der Waals surface area contributed by atoms with Crippen LogP contribution in [0.1, 0.15) is 12.6 Å². The zero-order valence-electron chi connectivity index (χ0n) is 11.2. The van der Waals surface area contributed by atoms with Crippen molar-refractivity contribution in [2.24, 2.45) is 0 Å². The summed E-state index contributed by atoms with van der Waals surface area (Å²) in [5.41, 5.74) is 6.47. The van der Waals surface area contributed by atoms with Gasteiger partial charge in [0.2, 0.25) is 5.91 Å². The van der Waals surface area contributed by atoms with E-state index < -0.39 is 0 Å². The van der Waals surface area contributed by atoms with Crippen molar-refractivity contribution in [3.8, 4) is 22.8 Å². The molecule has 5 N–H and O–H groups in total. The maximum Gasteiger partial charge on any atom is 0.226 e. The van der Waals surface area contributed by atoms with Crippen molar-refractivity contribution < 1.29 is 19.5 Å². The van der Waals surface area contributed by atoms with E-state index in [0.717, 1.165) is 6.07 Å². The number of nitrogens with one attached hydrogen (secondary N) is 1. The minimum atomic E-state index is -0.265. The number of phenols is 2. The molecule has 0 aliphatic heterocycles. The molecular formula is C13H14ClN3O4. The molecule has 0 saturated heterocycles. The molecule has 0 aliphatic rings. The minimum Gasteiger partial charge on any atom is -0.507 e. The Bertz CT molecular complexity index is 684. The lowest BCUT2D eigenvalue weighted by molar-refractivity contribution is -0.120. The fourth-order valence-electron chi connectivity index (χ4n) is 1.80. The third-order valence-electron chi connectivity index (χ3n) is 2.81. The van der Waals surface area contributed by atoms with Crippen LogP contribution >= 0.6 is 11.6 Å². The first kappa shape index (κ1) is 15.0. The summed E-state index contributed by atoms with van der Waals surface area (Å²) in [6, 6.07) is 2.38. The van der Waals surface area contributed by atoms with Crippen LogP contribution in [0.5, 0.6) is 11.5 Å². The van der Waals surface area contributed by atoms with Crippen LogP contribution in [0.25, 0.3) is 11.3 Å². The van der Waals surface area contributed by atoms with Gasteiger partial charge in [0.1, 0.15) is 22.9 Å². The van der Waals surface area contributed by atoms with Crippen LogP contribution in [0.4, 0.5) is 5.69 Å². The molecule has 0 saturated carbocycles. The molecule has 0 atom stereocenters. The quantitative estimate of drug-likeness (QED) is 0.681. The maximum atomic E-state index is 11.5. The molecule has 1 aromatic carbocycles. The van der Waals surface area contributed by atoms with Crippen molar-refractivity contribution in [3.05, 3.63) is 22.8 Å². The van der Waals surface area contributed by atoms with Gasteiger partial charge in [0.25, 0.3) is 0 Å². The number of benzene rings is 1. The number of likely N-dealkylation sites (N-methyl/N-ethyl adjacent to an activating group) is 1. The molecule has 1 amide bonds. The van der Waals surface area contributed by atoms with Crippen molar-refractivity contribution in [1.29, 1.82) is 0 Å². The van der Waals surface area contributed by atoms with Crippen molar-refractivity contribution in [3.63, 3.8) is 0 Å². The number of hydrogen-bond acceptors (Lipinski definition) is 6. The number of aromatic nitrogens is 1. The summed E-state index contributed by atoms with van der Waals surface area (Å²) in [7, 11) is 0. The molecule has 7 nitrogen and oxygen atoms in total. The Morgan fingerprint density at radius 3 is 2.81 bits per heavy atom. The van der Waals surface area contributed by atoms with Gasteiger partial charge in [-0.3, -0.25) is 4.79 Å². The van der Waals surface area contributed by atoms with Gasteiger partial charge >= 0.3 is 0 Å². The number of phenolic OH excluding ortho intramolecular Hbond substituents is 2. The van der Waals surface area contributed by atoms with Gasteiger partial charge in [-0.15, -0.1) is 0 Å². The number of carbonyl (C=O) groups excluding carboxylic acids is 1. The van der Waals surface area contributed by atoms with Crippen LogP contribution in [0.2, 0.25) is 5.02 Å². The van der Waals surface area contributed by atoms with Crippen molar-refractivity contribution in [2.75, 3.05) is 12.3 Å². The van der Waals surface area contributed by atoms with E-state index in [9.17, 15) is 15.0 Å². The molecule has 0 spiro atoms. The summed E-state index contributed by atoms with van der Waals surface area (Å²) in [6.45, 7) is 2.30. The van der Waals surface area contributed by atoms with E-state index in [0.29, 0.717) is 6.54 Å². The lowest BCUT2D eigenvalue weighted by Crippen LogP contribution is -2.24. The molecule has 0 aliphatic carbocycles. The molecule has 1 aromatic heterocycles. The van der Waals surface area contributed by atoms with E-state index in [2.05, 4.69) is 10.5 Å². The summed E-state index contributed by atoms with van der Waals surface area (Å²) >= 11 is 5.79. The summed E-state index contributed by atoms with van der Waals surface area (Å²) in [6.07, 6.45) is -0.0320. The highest BCUT2D eigenvalue weighted by atomic mass is 35.5. The number of carbonyl (C=O) groups is 1. The van der Waals surface area contributed by atoms with Crippen LogP contribution in [-0.4, -0.2) is 27.8 Å². The largest absolute Gasteiger partial charge is 0.507 e. The Hall–Kier alpha value is -2.41. The highest BCUT2D eigenvalue weighted by Gasteiger charge is 2.20. The monoisotopic (exact) mass is 311 g/mol. The third kappa shape index (κ3) is 3.03. The molecule has 1 heterocycles. The van der Waals surface area contributed by atoms with E-state index in [4.69, 9.17) is 21.9 Å². The van der Waals surface area contributed by atoms with Gasteiger partial charge in [0, 0.05) is 12.6 Å². The standard InChI is InChI=1S/C13H14ClN3O4/c1-2-16-11(20)4-8-12(15)13(21-17-8)6-3-7(14)10(19)5-9(6)18/h3,5,18-19H,2,4,15H2,1H3,(H,16,20). The Morgan fingerprint density at radius 1 is 1.43 bits per heavy atom. The molecule has 0 radical (unpaired) electrons. The topological polar surface area (TPSA) is 122 Å². The Kier molecular flexibility index (Phi) is 4.23. The molecule has 0 unspecified atom stereocenters. The van der Waals surface area contributed by atoms with E-state index in [1.807, 2.05) is 0 Å². The summed E-state index contributed by atoms with van der Waals surface area (Å²) in [5, 5.41) is 25.6. The molecule has 8 heteroatoms. The molecule has 112 valence electrons. The molecule has 2 rings (SSSR count). The normalized spacial score (nSPS) is 10.6. The summed E-state index contributed by atoms with van der Waals surface area (Å²) < 4.78 is 5.08. The number of anilines is 1. The second-order valence-corrected chi connectivity index (χ2v) is 4.73. The van der Waals surface area contributed by atoms with Gasteiger partial charge in [-0.2, -0.15) is 0 Å². The van der Waals surface area contributed by atoms with E-state index >= 15 is 0 Å². The molecule has 0 bridgehead atoms. The van der Waals surface area contributed by atoms with Crippen molar-refractivity contribution >= 4 is 23.2 Å². The van der Waals surface area contributed by atoms with Crippen LogP contribution in [-0.2, 0) is 11.2 Å².